The van der Waals surface area contributed by atoms with Crippen molar-refractivity contribution in [2.45, 2.75) is 65.2 Å². The van der Waals surface area contributed by atoms with Crippen LogP contribution in [-0.2, 0) is 17.7 Å². The topological polar surface area (TPSA) is 32.7 Å². The lowest BCUT2D eigenvalue weighted by Crippen LogP contribution is -2.45. The zero-order valence-corrected chi connectivity index (χ0v) is 16.0. The molecule has 3 heteroatoms. The molecule has 0 radical (unpaired) electrons. The van der Waals surface area contributed by atoms with E-state index < -0.39 is 6.10 Å². The molecule has 3 nitrogen and oxygen atoms in total. The van der Waals surface area contributed by atoms with Crippen LogP contribution >= 0.6 is 0 Å². The van der Waals surface area contributed by atoms with Gasteiger partial charge in [-0.05, 0) is 53.6 Å². The van der Waals surface area contributed by atoms with Crippen LogP contribution in [0.15, 0.2) is 24.3 Å². The predicted molar refractivity (Wildman–Crippen MR) is 100 cm³/mol. The third-order valence-corrected chi connectivity index (χ3v) is 7.27. The lowest BCUT2D eigenvalue weighted by molar-refractivity contribution is -0.113. The van der Waals surface area contributed by atoms with Crippen molar-refractivity contribution in [1.29, 1.82) is 0 Å². The molecule has 0 unspecified atom stereocenters. The lowest BCUT2D eigenvalue weighted by Gasteiger charge is -2.42. The molecule has 2 bridgehead atoms. The maximum Gasteiger partial charge on any atom is 0.0900 e. The van der Waals surface area contributed by atoms with Gasteiger partial charge >= 0.3 is 0 Å². The van der Waals surface area contributed by atoms with E-state index in [1.807, 2.05) is 0 Å². The number of benzene rings is 1. The van der Waals surface area contributed by atoms with Gasteiger partial charge in [0.05, 0.1) is 18.8 Å². The van der Waals surface area contributed by atoms with E-state index >= 15 is 0 Å². The van der Waals surface area contributed by atoms with Gasteiger partial charge < -0.3 is 9.84 Å². The minimum absolute atomic E-state index is 0.247. The molecule has 1 aromatic carbocycles. The van der Waals surface area contributed by atoms with Crippen LogP contribution in [0.25, 0.3) is 0 Å². The molecule has 4 rings (SSSR count). The predicted octanol–water partition coefficient (Wildman–Crippen LogP) is 3.64. The first kappa shape index (κ1) is 17.5. The SMILES string of the molecule is CC1(C)[C@H]2CC[C@](C)(C2)[C@@H]1OC[C@H](O)CN1CCc2ccccc2C1. The molecule has 2 saturated carbocycles. The van der Waals surface area contributed by atoms with Crippen LogP contribution in [0, 0.1) is 16.7 Å². The Kier molecular flexibility index (Phi) is 4.46. The Morgan fingerprint density at radius 2 is 2.00 bits per heavy atom. The van der Waals surface area contributed by atoms with E-state index in [0.29, 0.717) is 18.6 Å². The Bertz CT molecular complexity index is 623. The maximum absolute atomic E-state index is 10.6. The van der Waals surface area contributed by atoms with Crippen LogP contribution < -0.4 is 0 Å². The fourth-order valence-electron chi connectivity index (χ4n) is 5.94. The highest BCUT2D eigenvalue weighted by molar-refractivity contribution is 5.29. The molecule has 2 aliphatic carbocycles. The monoisotopic (exact) mass is 343 g/mol. The Morgan fingerprint density at radius 3 is 2.72 bits per heavy atom. The Hall–Kier alpha value is -0.900. The number of β-amino-alcohol motifs (C(OH)–C–C–N with tert-alkyl or cyclic N) is 1. The highest BCUT2D eigenvalue weighted by Crippen LogP contribution is 2.63. The van der Waals surface area contributed by atoms with Crippen LogP contribution in [0.2, 0.25) is 0 Å². The van der Waals surface area contributed by atoms with Crippen LogP contribution in [0.3, 0.4) is 0 Å². The van der Waals surface area contributed by atoms with Gasteiger partial charge in [-0.3, -0.25) is 4.90 Å². The van der Waals surface area contributed by atoms with Crippen molar-refractivity contribution >= 4 is 0 Å². The minimum atomic E-state index is -0.399. The zero-order chi connectivity index (χ0) is 17.7. The number of aliphatic hydroxyl groups is 1. The summed E-state index contributed by atoms with van der Waals surface area (Å²) in [5.41, 5.74) is 3.43. The number of hydrogen-bond acceptors (Lipinski definition) is 3. The molecule has 0 amide bonds. The average molecular weight is 344 g/mol. The van der Waals surface area contributed by atoms with Crippen molar-refractivity contribution < 1.29 is 9.84 Å². The van der Waals surface area contributed by atoms with Gasteiger partial charge in [-0.15, -0.1) is 0 Å². The molecule has 1 heterocycles. The zero-order valence-electron chi connectivity index (χ0n) is 16.0. The summed E-state index contributed by atoms with van der Waals surface area (Å²) in [7, 11) is 0. The van der Waals surface area contributed by atoms with Crippen molar-refractivity contribution in [3.8, 4) is 0 Å². The molecular weight excluding hydrogens is 310 g/mol. The molecule has 0 spiro atoms. The summed E-state index contributed by atoms with van der Waals surface area (Å²) in [5.74, 6) is 0.790. The van der Waals surface area contributed by atoms with Gasteiger partial charge in [-0.2, -0.15) is 0 Å². The van der Waals surface area contributed by atoms with Crippen LogP contribution in [0.4, 0.5) is 0 Å². The Morgan fingerprint density at radius 1 is 1.24 bits per heavy atom. The minimum Gasteiger partial charge on any atom is -0.389 e. The molecule has 25 heavy (non-hydrogen) atoms. The molecule has 0 saturated heterocycles. The fourth-order valence-corrected chi connectivity index (χ4v) is 5.94. The Balaban J connectivity index is 1.31. The van der Waals surface area contributed by atoms with Gasteiger partial charge in [0.1, 0.15) is 0 Å². The molecule has 1 N–H and O–H groups in total. The van der Waals surface area contributed by atoms with E-state index in [9.17, 15) is 5.11 Å². The van der Waals surface area contributed by atoms with E-state index in [-0.39, 0.29) is 11.5 Å². The molecule has 138 valence electrons. The second kappa shape index (κ2) is 6.37. The first-order chi connectivity index (χ1) is 11.9. The number of ether oxygens (including phenoxy) is 1. The van der Waals surface area contributed by atoms with Crippen molar-refractivity contribution in [3.63, 3.8) is 0 Å². The summed E-state index contributed by atoms with van der Waals surface area (Å²) in [6.45, 7) is 10.3. The van der Waals surface area contributed by atoms with Gasteiger partial charge in [0, 0.05) is 19.6 Å². The maximum atomic E-state index is 10.6. The molecule has 1 aliphatic heterocycles. The average Bonchev–Trinajstić information content (AvgIpc) is 3.05. The van der Waals surface area contributed by atoms with Gasteiger partial charge in [-0.1, -0.05) is 45.0 Å². The van der Waals surface area contributed by atoms with E-state index in [4.69, 9.17) is 4.74 Å². The summed E-state index contributed by atoms with van der Waals surface area (Å²) < 4.78 is 6.35. The largest absolute Gasteiger partial charge is 0.389 e. The van der Waals surface area contributed by atoms with Gasteiger partial charge in [0.2, 0.25) is 0 Å². The lowest BCUT2D eigenvalue weighted by atomic mass is 9.70. The normalized spacial score (nSPS) is 34.9. The standard InChI is InChI=1S/C22H33NO2/c1-21(2)18-8-10-22(3,12-18)20(21)25-15-19(24)14-23-11-9-16-6-4-5-7-17(16)13-23/h4-7,18-20,24H,8-15H2,1-3H3/t18-,19+,20+,22+/m0/s1. The number of nitrogens with zero attached hydrogens (tertiary/aromatic N) is 1. The summed E-state index contributed by atoms with van der Waals surface area (Å²) in [6.07, 6.45) is 4.89. The Labute approximate surface area is 152 Å². The number of aliphatic hydroxyl groups excluding tert-OH is 1. The van der Waals surface area contributed by atoms with Gasteiger partial charge in [-0.25, -0.2) is 0 Å². The molecular formula is C22H33NO2. The van der Waals surface area contributed by atoms with Crippen LogP contribution in [-0.4, -0.2) is 41.9 Å². The fraction of sp³-hybridized carbons (Fsp3) is 0.727. The van der Waals surface area contributed by atoms with Crippen molar-refractivity contribution in [3.05, 3.63) is 35.4 Å². The highest BCUT2D eigenvalue weighted by Gasteiger charge is 2.60. The number of rotatable bonds is 5. The van der Waals surface area contributed by atoms with Crippen LogP contribution in [0.1, 0.15) is 51.2 Å². The summed E-state index contributed by atoms with van der Waals surface area (Å²) in [4.78, 5) is 2.37. The summed E-state index contributed by atoms with van der Waals surface area (Å²) >= 11 is 0. The van der Waals surface area contributed by atoms with E-state index in [0.717, 1.165) is 25.4 Å². The second-order valence-electron chi connectivity index (χ2n) is 9.54. The van der Waals surface area contributed by atoms with Crippen LogP contribution in [0.5, 0.6) is 0 Å². The first-order valence-electron chi connectivity index (χ1n) is 9.97. The van der Waals surface area contributed by atoms with E-state index in [2.05, 4.69) is 49.9 Å². The molecule has 3 aliphatic rings. The summed E-state index contributed by atoms with van der Waals surface area (Å²) in [5, 5.41) is 10.6. The van der Waals surface area contributed by atoms with E-state index in [1.165, 1.54) is 30.4 Å². The summed E-state index contributed by atoms with van der Waals surface area (Å²) in [6, 6.07) is 8.67. The molecule has 2 fully saturated rings. The third kappa shape index (κ3) is 3.15. The van der Waals surface area contributed by atoms with Crippen molar-refractivity contribution in [2.75, 3.05) is 19.7 Å². The highest BCUT2D eigenvalue weighted by atomic mass is 16.5. The van der Waals surface area contributed by atoms with Gasteiger partial charge in [0.25, 0.3) is 0 Å². The quantitative estimate of drug-likeness (QED) is 0.886. The number of fused-ring (bicyclic) bond motifs is 3. The smallest absolute Gasteiger partial charge is 0.0900 e. The van der Waals surface area contributed by atoms with Crippen molar-refractivity contribution in [2.24, 2.45) is 16.7 Å². The molecule has 1 aromatic rings. The third-order valence-electron chi connectivity index (χ3n) is 7.27. The van der Waals surface area contributed by atoms with Crippen molar-refractivity contribution in [1.82, 2.24) is 4.90 Å². The molecule has 0 aromatic heterocycles. The van der Waals surface area contributed by atoms with Gasteiger partial charge in [0.15, 0.2) is 0 Å². The molecule has 4 atom stereocenters. The van der Waals surface area contributed by atoms with E-state index in [1.54, 1.807) is 0 Å². The first-order valence-corrected chi connectivity index (χ1v) is 9.97. The number of hydrogen-bond donors (Lipinski definition) is 1. The second-order valence-corrected chi connectivity index (χ2v) is 9.54.